The Morgan fingerprint density at radius 2 is 1.95 bits per heavy atom. The van der Waals surface area contributed by atoms with E-state index in [1.54, 1.807) is 0 Å². The average Bonchev–Trinajstić information content (AvgIpc) is 2.44. The molecule has 0 saturated carbocycles. The highest BCUT2D eigenvalue weighted by Crippen LogP contribution is 2.18. The molecule has 3 N–H and O–H groups in total. The van der Waals surface area contributed by atoms with E-state index in [0.29, 0.717) is 13.0 Å². The molecule has 2 atom stereocenters. The van der Waals surface area contributed by atoms with Gasteiger partial charge in [0.25, 0.3) is 0 Å². The minimum Gasteiger partial charge on any atom is -0.352 e. The van der Waals surface area contributed by atoms with Crippen LogP contribution in [0.3, 0.4) is 0 Å². The first-order chi connectivity index (χ1) is 9.17. The van der Waals surface area contributed by atoms with E-state index in [1.165, 1.54) is 5.56 Å². The number of rotatable bonds is 8. The molecule has 0 aliphatic carbocycles. The zero-order valence-electron chi connectivity index (χ0n) is 12.5. The maximum absolute atomic E-state index is 12.0. The van der Waals surface area contributed by atoms with Gasteiger partial charge in [-0.1, -0.05) is 57.0 Å². The standard InChI is InChI=1S/C16H26N2O.ClH/c1-3-4-10-15(12-17)18-16(19)11-13(2)14-8-6-5-7-9-14;/h5-9,13,15H,3-4,10-12,17H2,1-2H3,(H,18,19);1H. The minimum atomic E-state index is 0. The van der Waals surface area contributed by atoms with E-state index in [9.17, 15) is 4.79 Å². The van der Waals surface area contributed by atoms with E-state index < -0.39 is 0 Å². The fourth-order valence-electron chi connectivity index (χ4n) is 2.16. The van der Waals surface area contributed by atoms with Gasteiger partial charge >= 0.3 is 0 Å². The highest BCUT2D eigenvalue weighted by molar-refractivity contribution is 5.85. The summed E-state index contributed by atoms with van der Waals surface area (Å²) in [6, 6.07) is 10.3. The predicted molar refractivity (Wildman–Crippen MR) is 87.2 cm³/mol. The summed E-state index contributed by atoms with van der Waals surface area (Å²) in [4.78, 5) is 12.0. The number of carbonyl (C=O) groups is 1. The Kier molecular flexibility index (Phi) is 10.1. The number of hydrogen-bond acceptors (Lipinski definition) is 2. The second-order valence-electron chi connectivity index (χ2n) is 5.16. The Morgan fingerprint density at radius 1 is 1.30 bits per heavy atom. The van der Waals surface area contributed by atoms with Gasteiger partial charge in [0.05, 0.1) is 0 Å². The van der Waals surface area contributed by atoms with Crippen LogP contribution in [0.25, 0.3) is 0 Å². The third-order valence-corrected chi connectivity index (χ3v) is 3.42. The van der Waals surface area contributed by atoms with E-state index in [2.05, 4.69) is 31.3 Å². The molecule has 0 saturated heterocycles. The van der Waals surface area contributed by atoms with Gasteiger partial charge < -0.3 is 11.1 Å². The average molecular weight is 299 g/mol. The van der Waals surface area contributed by atoms with Crippen molar-refractivity contribution in [1.82, 2.24) is 5.32 Å². The Bertz CT molecular complexity index is 370. The van der Waals surface area contributed by atoms with Crippen LogP contribution in [-0.2, 0) is 4.79 Å². The zero-order valence-corrected chi connectivity index (χ0v) is 13.3. The van der Waals surface area contributed by atoms with Crippen LogP contribution < -0.4 is 11.1 Å². The van der Waals surface area contributed by atoms with Gasteiger partial charge in [0.2, 0.25) is 5.91 Å². The summed E-state index contributed by atoms with van der Waals surface area (Å²) in [5, 5.41) is 3.04. The van der Waals surface area contributed by atoms with Crippen molar-refractivity contribution in [1.29, 1.82) is 0 Å². The highest BCUT2D eigenvalue weighted by Gasteiger charge is 2.14. The van der Waals surface area contributed by atoms with Crippen molar-refractivity contribution in [2.75, 3.05) is 6.54 Å². The summed E-state index contributed by atoms with van der Waals surface area (Å²) >= 11 is 0. The van der Waals surface area contributed by atoms with E-state index in [0.717, 1.165) is 19.3 Å². The largest absolute Gasteiger partial charge is 0.352 e. The van der Waals surface area contributed by atoms with E-state index in [4.69, 9.17) is 5.73 Å². The summed E-state index contributed by atoms with van der Waals surface area (Å²) in [6.45, 7) is 4.75. The lowest BCUT2D eigenvalue weighted by molar-refractivity contribution is -0.122. The first-order valence-electron chi connectivity index (χ1n) is 7.21. The van der Waals surface area contributed by atoms with Gasteiger partial charge in [0, 0.05) is 19.0 Å². The molecule has 0 bridgehead atoms. The van der Waals surface area contributed by atoms with Gasteiger partial charge in [-0.25, -0.2) is 0 Å². The molecular formula is C16H27ClN2O. The number of nitrogens with one attached hydrogen (secondary N) is 1. The lowest BCUT2D eigenvalue weighted by atomic mass is 9.97. The van der Waals surface area contributed by atoms with Gasteiger partial charge in [-0.2, -0.15) is 0 Å². The maximum Gasteiger partial charge on any atom is 0.220 e. The van der Waals surface area contributed by atoms with Crippen molar-refractivity contribution in [3.05, 3.63) is 35.9 Å². The van der Waals surface area contributed by atoms with Crippen LogP contribution >= 0.6 is 12.4 Å². The Balaban J connectivity index is 0.00000361. The van der Waals surface area contributed by atoms with Crippen LogP contribution in [-0.4, -0.2) is 18.5 Å². The van der Waals surface area contributed by atoms with E-state index >= 15 is 0 Å². The Morgan fingerprint density at radius 3 is 2.50 bits per heavy atom. The molecule has 1 rings (SSSR count). The summed E-state index contributed by atoms with van der Waals surface area (Å²) in [5.74, 6) is 0.341. The van der Waals surface area contributed by atoms with Gasteiger partial charge in [-0.15, -0.1) is 12.4 Å². The molecule has 0 aliphatic heterocycles. The van der Waals surface area contributed by atoms with Crippen LogP contribution in [0.4, 0.5) is 0 Å². The lowest BCUT2D eigenvalue weighted by Gasteiger charge is -2.18. The zero-order chi connectivity index (χ0) is 14.1. The third kappa shape index (κ3) is 6.92. The van der Waals surface area contributed by atoms with Crippen LogP contribution in [0, 0.1) is 0 Å². The highest BCUT2D eigenvalue weighted by atomic mass is 35.5. The number of carbonyl (C=O) groups excluding carboxylic acids is 1. The molecule has 3 nitrogen and oxygen atoms in total. The van der Waals surface area contributed by atoms with Crippen molar-refractivity contribution < 1.29 is 4.79 Å². The van der Waals surface area contributed by atoms with Gasteiger partial charge in [-0.05, 0) is 17.9 Å². The molecule has 20 heavy (non-hydrogen) atoms. The predicted octanol–water partition coefficient (Wildman–Crippen LogP) is 3.24. The number of halogens is 1. The quantitative estimate of drug-likeness (QED) is 0.774. The molecule has 1 aromatic carbocycles. The van der Waals surface area contributed by atoms with E-state index in [1.807, 2.05) is 18.2 Å². The van der Waals surface area contributed by atoms with E-state index in [-0.39, 0.29) is 30.3 Å². The molecular weight excluding hydrogens is 272 g/mol. The Hall–Kier alpha value is -1.06. The summed E-state index contributed by atoms with van der Waals surface area (Å²) < 4.78 is 0. The molecule has 114 valence electrons. The molecule has 2 unspecified atom stereocenters. The van der Waals surface area contributed by atoms with Crippen molar-refractivity contribution in [2.45, 2.75) is 51.5 Å². The van der Waals surface area contributed by atoms with Crippen LogP contribution in [0.1, 0.15) is 51.0 Å². The fourth-order valence-corrected chi connectivity index (χ4v) is 2.16. The number of nitrogens with two attached hydrogens (primary N) is 1. The van der Waals surface area contributed by atoms with Crippen molar-refractivity contribution in [3.8, 4) is 0 Å². The summed E-state index contributed by atoms with van der Waals surface area (Å²) in [5.41, 5.74) is 6.89. The first kappa shape index (κ1) is 18.9. The normalized spacial score (nSPS) is 13.2. The van der Waals surface area contributed by atoms with Gasteiger partial charge in [0.1, 0.15) is 0 Å². The SMILES string of the molecule is CCCCC(CN)NC(=O)CC(C)c1ccccc1.Cl. The van der Waals surface area contributed by atoms with Crippen LogP contribution in [0.15, 0.2) is 30.3 Å². The topological polar surface area (TPSA) is 55.1 Å². The smallest absolute Gasteiger partial charge is 0.220 e. The van der Waals surface area contributed by atoms with Crippen LogP contribution in [0.2, 0.25) is 0 Å². The minimum absolute atomic E-state index is 0. The van der Waals surface area contributed by atoms with Gasteiger partial charge in [0.15, 0.2) is 0 Å². The van der Waals surface area contributed by atoms with Crippen molar-refractivity contribution in [3.63, 3.8) is 0 Å². The monoisotopic (exact) mass is 298 g/mol. The molecule has 0 aliphatic rings. The molecule has 0 fully saturated rings. The van der Waals surface area contributed by atoms with Crippen molar-refractivity contribution in [2.24, 2.45) is 5.73 Å². The summed E-state index contributed by atoms with van der Waals surface area (Å²) in [7, 11) is 0. The Labute approximate surface area is 128 Å². The number of hydrogen-bond donors (Lipinski definition) is 2. The van der Waals surface area contributed by atoms with Crippen LogP contribution in [0.5, 0.6) is 0 Å². The second-order valence-corrected chi connectivity index (χ2v) is 5.16. The number of benzene rings is 1. The molecule has 0 radical (unpaired) electrons. The molecule has 0 spiro atoms. The fraction of sp³-hybridized carbons (Fsp3) is 0.562. The number of amides is 1. The summed E-state index contributed by atoms with van der Waals surface area (Å²) in [6.07, 6.45) is 3.73. The van der Waals surface area contributed by atoms with Gasteiger partial charge in [-0.3, -0.25) is 4.79 Å². The molecule has 1 aromatic rings. The first-order valence-corrected chi connectivity index (χ1v) is 7.21. The third-order valence-electron chi connectivity index (χ3n) is 3.42. The maximum atomic E-state index is 12.0. The lowest BCUT2D eigenvalue weighted by Crippen LogP contribution is -2.40. The molecule has 1 amide bonds. The number of unbranched alkanes of at least 4 members (excludes halogenated alkanes) is 1. The van der Waals surface area contributed by atoms with Crippen molar-refractivity contribution >= 4 is 18.3 Å². The molecule has 0 aromatic heterocycles. The molecule has 4 heteroatoms. The molecule has 0 heterocycles. The second kappa shape index (κ2) is 10.7.